The summed E-state index contributed by atoms with van der Waals surface area (Å²) in [4.78, 5) is 12.2. The number of carbonyl (C=O) groups is 1. The predicted molar refractivity (Wildman–Crippen MR) is 86.1 cm³/mol. The SMILES string of the molecule is CN(C)S(=O)(=O)N1CCC(NC(=O)c2cc(O)c(O)c(O)c2)CC1. The van der Waals surface area contributed by atoms with Crippen molar-refractivity contribution in [3.63, 3.8) is 0 Å². The zero-order valence-corrected chi connectivity index (χ0v) is 14.2. The van der Waals surface area contributed by atoms with Crippen molar-refractivity contribution in [2.45, 2.75) is 18.9 Å². The summed E-state index contributed by atoms with van der Waals surface area (Å²) in [5.74, 6) is -2.39. The van der Waals surface area contributed by atoms with Gasteiger partial charge in [0, 0.05) is 38.8 Å². The molecule has 9 nitrogen and oxygen atoms in total. The van der Waals surface area contributed by atoms with Crippen LogP contribution in [0, 0.1) is 0 Å². The van der Waals surface area contributed by atoms with Crippen LogP contribution >= 0.6 is 0 Å². The molecule has 0 unspecified atom stereocenters. The van der Waals surface area contributed by atoms with E-state index < -0.39 is 33.4 Å². The first kappa shape index (κ1) is 18.3. The standard InChI is InChI=1S/C14H21N3O6S/c1-16(2)24(22,23)17-5-3-10(4-6-17)15-14(21)9-7-11(18)13(20)12(19)8-9/h7-8,10,18-20H,3-6H2,1-2H3,(H,15,21). The molecule has 1 fully saturated rings. The normalized spacial score (nSPS) is 17.1. The monoisotopic (exact) mass is 359 g/mol. The average molecular weight is 359 g/mol. The molecule has 1 aliphatic rings. The molecule has 1 saturated heterocycles. The lowest BCUT2D eigenvalue weighted by atomic mass is 10.1. The Morgan fingerprint density at radius 2 is 1.67 bits per heavy atom. The fourth-order valence-electron chi connectivity index (χ4n) is 2.47. The largest absolute Gasteiger partial charge is 0.504 e. The van der Waals surface area contributed by atoms with Gasteiger partial charge in [0.1, 0.15) is 0 Å². The van der Waals surface area contributed by atoms with Gasteiger partial charge >= 0.3 is 0 Å². The first-order valence-corrected chi connectivity index (χ1v) is 8.76. The first-order chi connectivity index (χ1) is 11.1. The number of carbonyl (C=O) groups excluding carboxylic acids is 1. The van der Waals surface area contributed by atoms with Crippen molar-refractivity contribution in [2.75, 3.05) is 27.2 Å². The maximum atomic E-state index is 12.2. The van der Waals surface area contributed by atoms with E-state index in [1.54, 1.807) is 0 Å². The van der Waals surface area contributed by atoms with Gasteiger partial charge in [-0.15, -0.1) is 0 Å². The van der Waals surface area contributed by atoms with Gasteiger partial charge in [0.05, 0.1) is 0 Å². The van der Waals surface area contributed by atoms with E-state index >= 15 is 0 Å². The lowest BCUT2D eigenvalue weighted by Crippen LogP contribution is -2.49. The number of nitrogens with zero attached hydrogens (tertiary/aromatic N) is 2. The molecular formula is C14H21N3O6S. The number of piperidine rings is 1. The van der Waals surface area contributed by atoms with Crippen LogP contribution in [0.3, 0.4) is 0 Å². The second-order valence-corrected chi connectivity index (χ2v) is 7.94. The number of hydrogen-bond acceptors (Lipinski definition) is 6. The van der Waals surface area contributed by atoms with Gasteiger partial charge in [0.15, 0.2) is 17.2 Å². The number of hydrogen-bond donors (Lipinski definition) is 4. The minimum absolute atomic E-state index is 0.00569. The summed E-state index contributed by atoms with van der Waals surface area (Å²) in [5.41, 5.74) is 0.00569. The fourth-order valence-corrected chi connectivity index (χ4v) is 3.60. The number of nitrogens with one attached hydrogen (secondary N) is 1. The lowest BCUT2D eigenvalue weighted by Gasteiger charge is -2.33. The van der Waals surface area contributed by atoms with Crippen LogP contribution in [-0.4, -0.2) is 71.5 Å². The van der Waals surface area contributed by atoms with Gasteiger partial charge in [-0.3, -0.25) is 4.79 Å². The van der Waals surface area contributed by atoms with Crippen LogP contribution in [0.15, 0.2) is 12.1 Å². The summed E-state index contributed by atoms with van der Waals surface area (Å²) in [6, 6.07) is 1.88. The maximum Gasteiger partial charge on any atom is 0.281 e. The molecule has 24 heavy (non-hydrogen) atoms. The average Bonchev–Trinajstić information content (AvgIpc) is 2.52. The quantitative estimate of drug-likeness (QED) is 0.551. The molecule has 0 spiro atoms. The summed E-state index contributed by atoms with van der Waals surface area (Å²) >= 11 is 0. The number of amides is 1. The van der Waals surface area contributed by atoms with E-state index in [-0.39, 0.29) is 24.7 Å². The van der Waals surface area contributed by atoms with Crippen LogP contribution < -0.4 is 5.32 Å². The Morgan fingerprint density at radius 3 is 2.12 bits per heavy atom. The van der Waals surface area contributed by atoms with E-state index in [1.807, 2.05) is 0 Å². The van der Waals surface area contributed by atoms with Gasteiger partial charge in [0.25, 0.3) is 16.1 Å². The van der Waals surface area contributed by atoms with Crippen LogP contribution in [0.25, 0.3) is 0 Å². The molecule has 0 saturated carbocycles. The molecule has 134 valence electrons. The Balaban J connectivity index is 1.98. The molecule has 1 aromatic carbocycles. The van der Waals surface area contributed by atoms with Gasteiger partial charge in [-0.1, -0.05) is 0 Å². The van der Waals surface area contributed by atoms with Crippen LogP contribution in [0.4, 0.5) is 0 Å². The van der Waals surface area contributed by atoms with Gasteiger partial charge in [-0.2, -0.15) is 17.0 Å². The number of phenolic OH excluding ortho intramolecular Hbond substituents is 3. The third-order valence-corrected chi connectivity index (χ3v) is 5.85. The van der Waals surface area contributed by atoms with Gasteiger partial charge in [0.2, 0.25) is 0 Å². The highest BCUT2D eigenvalue weighted by molar-refractivity contribution is 7.86. The molecule has 2 rings (SSSR count). The van der Waals surface area contributed by atoms with Crippen molar-refractivity contribution < 1.29 is 28.5 Å². The fraction of sp³-hybridized carbons (Fsp3) is 0.500. The third kappa shape index (κ3) is 3.71. The molecule has 0 aromatic heterocycles. The van der Waals surface area contributed by atoms with Gasteiger partial charge < -0.3 is 20.6 Å². The Labute approximate surface area is 140 Å². The highest BCUT2D eigenvalue weighted by Crippen LogP contribution is 2.35. The van der Waals surface area contributed by atoms with Crippen molar-refractivity contribution in [1.82, 2.24) is 13.9 Å². The molecular weight excluding hydrogens is 338 g/mol. The van der Waals surface area contributed by atoms with Crippen molar-refractivity contribution >= 4 is 16.1 Å². The molecule has 10 heteroatoms. The predicted octanol–water partition coefficient (Wildman–Crippen LogP) is -0.196. The van der Waals surface area contributed by atoms with Crippen molar-refractivity contribution in [2.24, 2.45) is 0 Å². The lowest BCUT2D eigenvalue weighted by molar-refractivity contribution is 0.0922. The van der Waals surface area contributed by atoms with E-state index in [2.05, 4.69) is 5.32 Å². The van der Waals surface area contributed by atoms with Crippen molar-refractivity contribution in [3.8, 4) is 17.2 Å². The second-order valence-electron chi connectivity index (χ2n) is 5.80. The topological polar surface area (TPSA) is 130 Å². The maximum absolute atomic E-state index is 12.2. The molecule has 1 amide bonds. The van der Waals surface area contributed by atoms with E-state index in [4.69, 9.17) is 0 Å². The molecule has 1 aromatic rings. The minimum Gasteiger partial charge on any atom is -0.504 e. The zero-order valence-electron chi connectivity index (χ0n) is 13.4. The number of rotatable bonds is 4. The molecule has 4 N–H and O–H groups in total. The summed E-state index contributed by atoms with van der Waals surface area (Å²) < 4.78 is 26.6. The van der Waals surface area contributed by atoms with E-state index in [0.29, 0.717) is 12.8 Å². The number of aromatic hydroxyl groups is 3. The molecule has 0 aliphatic carbocycles. The second kappa shape index (κ2) is 6.83. The molecule has 0 radical (unpaired) electrons. The summed E-state index contributed by atoms with van der Waals surface area (Å²) in [7, 11) is -0.529. The Bertz CT molecular complexity index is 703. The molecule has 1 aliphatic heterocycles. The van der Waals surface area contributed by atoms with E-state index in [1.165, 1.54) is 18.4 Å². The first-order valence-electron chi connectivity index (χ1n) is 7.36. The molecule has 0 bridgehead atoms. The summed E-state index contributed by atoms with van der Waals surface area (Å²) in [6.45, 7) is 0.578. The van der Waals surface area contributed by atoms with Gasteiger partial charge in [-0.25, -0.2) is 0 Å². The minimum atomic E-state index is -3.46. The van der Waals surface area contributed by atoms with Crippen LogP contribution in [0.5, 0.6) is 17.2 Å². The smallest absolute Gasteiger partial charge is 0.281 e. The van der Waals surface area contributed by atoms with Crippen molar-refractivity contribution in [1.29, 1.82) is 0 Å². The van der Waals surface area contributed by atoms with Crippen LogP contribution in [-0.2, 0) is 10.2 Å². The Hall–Kier alpha value is -2.04. The zero-order chi connectivity index (χ0) is 18.1. The van der Waals surface area contributed by atoms with Crippen LogP contribution in [0.2, 0.25) is 0 Å². The summed E-state index contributed by atoms with van der Waals surface area (Å²) in [6.07, 6.45) is 0.906. The highest BCUT2D eigenvalue weighted by atomic mass is 32.2. The van der Waals surface area contributed by atoms with Gasteiger partial charge in [-0.05, 0) is 25.0 Å². The highest BCUT2D eigenvalue weighted by Gasteiger charge is 2.30. The van der Waals surface area contributed by atoms with E-state index in [9.17, 15) is 28.5 Å². The summed E-state index contributed by atoms with van der Waals surface area (Å²) in [5, 5.41) is 30.9. The van der Waals surface area contributed by atoms with Crippen LogP contribution in [0.1, 0.15) is 23.2 Å². The van der Waals surface area contributed by atoms with E-state index in [0.717, 1.165) is 16.4 Å². The number of phenols is 3. The molecule has 0 atom stereocenters. The number of benzene rings is 1. The molecule has 1 heterocycles. The third-order valence-electron chi connectivity index (χ3n) is 3.91. The Kier molecular flexibility index (Phi) is 5.21. The Morgan fingerprint density at radius 1 is 1.17 bits per heavy atom. The van der Waals surface area contributed by atoms with Crippen molar-refractivity contribution in [3.05, 3.63) is 17.7 Å².